The second kappa shape index (κ2) is 8.72. The van der Waals surface area contributed by atoms with Gasteiger partial charge in [-0.25, -0.2) is 14.8 Å². The van der Waals surface area contributed by atoms with Gasteiger partial charge in [0.15, 0.2) is 18.0 Å². The molecule has 2 amide bonds. The van der Waals surface area contributed by atoms with Crippen molar-refractivity contribution in [3.63, 3.8) is 0 Å². The maximum Gasteiger partial charge on any atom is 0.327 e. The monoisotopic (exact) mass is 464 g/mol. The number of amides is 2. The fourth-order valence-corrected chi connectivity index (χ4v) is 4.85. The van der Waals surface area contributed by atoms with Crippen molar-refractivity contribution in [1.29, 1.82) is 0 Å². The van der Waals surface area contributed by atoms with Gasteiger partial charge in [-0.3, -0.25) is 9.89 Å². The number of rotatable bonds is 4. The molecular formula is C27H24N6O2. The van der Waals surface area contributed by atoms with Crippen molar-refractivity contribution in [2.75, 3.05) is 35.3 Å². The molecule has 8 nitrogen and oxygen atoms in total. The van der Waals surface area contributed by atoms with E-state index in [1.165, 1.54) is 6.39 Å². The highest BCUT2D eigenvalue weighted by atomic mass is 16.3. The summed E-state index contributed by atoms with van der Waals surface area (Å²) in [6.07, 6.45) is 5.77. The van der Waals surface area contributed by atoms with Gasteiger partial charge >= 0.3 is 6.03 Å². The molecule has 0 aliphatic carbocycles. The van der Waals surface area contributed by atoms with Crippen LogP contribution in [0.4, 0.5) is 22.0 Å². The summed E-state index contributed by atoms with van der Waals surface area (Å²) in [4.78, 5) is 30.8. The van der Waals surface area contributed by atoms with Crippen LogP contribution in [0.25, 0.3) is 22.6 Å². The SMILES string of the molecule is CN=Cc1cccc(-c2ccc3c(n2)N(C(=O)Nc2cccc(-c4cnco4)c2)[C@H]2CCN3C2)c1. The Kier molecular flexibility index (Phi) is 5.25. The first-order valence-corrected chi connectivity index (χ1v) is 11.6. The molecule has 4 heterocycles. The van der Waals surface area contributed by atoms with Crippen LogP contribution in [-0.2, 0) is 0 Å². The molecule has 2 aromatic carbocycles. The molecule has 1 atom stereocenters. The predicted octanol–water partition coefficient (Wildman–Crippen LogP) is 5.08. The van der Waals surface area contributed by atoms with Crippen molar-refractivity contribution in [1.82, 2.24) is 9.97 Å². The molecule has 0 unspecified atom stereocenters. The Morgan fingerprint density at radius 3 is 2.89 bits per heavy atom. The van der Waals surface area contributed by atoms with Gasteiger partial charge in [0, 0.05) is 43.2 Å². The molecule has 0 spiro atoms. The molecule has 2 aliphatic rings. The van der Waals surface area contributed by atoms with Gasteiger partial charge in [-0.15, -0.1) is 0 Å². The second-order valence-corrected chi connectivity index (χ2v) is 8.69. The van der Waals surface area contributed by atoms with Crippen molar-refractivity contribution in [3.8, 4) is 22.6 Å². The molecular weight excluding hydrogens is 440 g/mol. The maximum absolute atomic E-state index is 13.6. The van der Waals surface area contributed by atoms with Crippen molar-refractivity contribution in [3.05, 3.63) is 78.8 Å². The first-order chi connectivity index (χ1) is 17.2. The molecule has 174 valence electrons. The molecule has 4 aromatic rings. The lowest BCUT2D eigenvalue weighted by Gasteiger charge is -2.36. The summed E-state index contributed by atoms with van der Waals surface area (Å²) in [7, 11) is 1.76. The molecule has 0 saturated carbocycles. The Bertz CT molecular complexity index is 1410. The number of anilines is 3. The Morgan fingerprint density at radius 1 is 1.14 bits per heavy atom. The quantitative estimate of drug-likeness (QED) is 0.426. The number of urea groups is 1. The van der Waals surface area contributed by atoms with E-state index in [0.29, 0.717) is 17.3 Å². The minimum Gasteiger partial charge on any atom is -0.444 e. The van der Waals surface area contributed by atoms with E-state index in [1.807, 2.05) is 59.6 Å². The van der Waals surface area contributed by atoms with Crippen LogP contribution in [0.3, 0.4) is 0 Å². The summed E-state index contributed by atoms with van der Waals surface area (Å²) in [5.74, 6) is 1.34. The third-order valence-corrected chi connectivity index (χ3v) is 6.46. The number of carbonyl (C=O) groups is 1. The fourth-order valence-electron chi connectivity index (χ4n) is 4.85. The molecule has 1 saturated heterocycles. The van der Waals surface area contributed by atoms with E-state index < -0.39 is 0 Å². The number of fused-ring (bicyclic) bond motifs is 4. The van der Waals surface area contributed by atoms with E-state index in [1.54, 1.807) is 13.2 Å². The van der Waals surface area contributed by atoms with Gasteiger partial charge in [0.05, 0.1) is 23.6 Å². The molecule has 0 radical (unpaired) electrons. The van der Waals surface area contributed by atoms with E-state index in [-0.39, 0.29) is 12.1 Å². The van der Waals surface area contributed by atoms with E-state index in [9.17, 15) is 4.79 Å². The first kappa shape index (κ1) is 21.1. The van der Waals surface area contributed by atoms with Crippen molar-refractivity contribution in [2.24, 2.45) is 4.99 Å². The number of benzene rings is 2. The van der Waals surface area contributed by atoms with Crippen LogP contribution < -0.4 is 15.1 Å². The lowest BCUT2D eigenvalue weighted by atomic mass is 10.1. The highest BCUT2D eigenvalue weighted by Crippen LogP contribution is 2.40. The van der Waals surface area contributed by atoms with E-state index >= 15 is 0 Å². The molecule has 1 N–H and O–H groups in total. The van der Waals surface area contributed by atoms with Crippen LogP contribution in [0.1, 0.15) is 12.0 Å². The Morgan fingerprint density at radius 2 is 2.03 bits per heavy atom. The van der Waals surface area contributed by atoms with Crippen LogP contribution in [0.15, 0.2) is 82.7 Å². The number of carbonyl (C=O) groups excluding carboxylic acids is 1. The van der Waals surface area contributed by atoms with Crippen LogP contribution in [0, 0.1) is 0 Å². The molecule has 1 fully saturated rings. The van der Waals surface area contributed by atoms with Gasteiger partial charge in [0.2, 0.25) is 0 Å². The van der Waals surface area contributed by atoms with Crippen molar-refractivity contribution >= 4 is 29.4 Å². The zero-order chi connectivity index (χ0) is 23.8. The topological polar surface area (TPSA) is 86.9 Å². The molecule has 6 rings (SSSR count). The Balaban J connectivity index is 1.34. The van der Waals surface area contributed by atoms with Gasteiger partial charge in [-0.1, -0.05) is 30.3 Å². The van der Waals surface area contributed by atoms with Gasteiger partial charge in [-0.2, -0.15) is 0 Å². The first-order valence-electron chi connectivity index (χ1n) is 11.6. The minimum absolute atomic E-state index is 0.0706. The summed E-state index contributed by atoms with van der Waals surface area (Å²) < 4.78 is 5.40. The van der Waals surface area contributed by atoms with Crippen LogP contribution in [-0.4, -0.2) is 48.4 Å². The van der Waals surface area contributed by atoms with Gasteiger partial charge in [0.25, 0.3) is 0 Å². The molecule has 8 heteroatoms. The summed E-state index contributed by atoms with van der Waals surface area (Å²) in [5, 5.41) is 3.07. The zero-order valence-corrected chi connectivity index (χ0v) is 19.3. The van der Waals surface area contributed by atoms with Crippen LogP contribution in [0.5, 0.6) is 0 Å². The van der Waals surface area contributed by atoms with Gasteiger partial charge < -0.3 is 14.6 Å². The normalized spacial score (nSPS) is 16.5. The number of hydrogen-bond donors (Lipinski definition) is 1. The molecule has 2 aromatic heterocycles. The third-order valence-electron chi connectivity index (χ3n) is 6.46. The summed E-state index contributed by atoms with van der Waals surface area (Å²) in [6, 6.07) is 19.6. The molecule has 2 bridgehead atoms. The number of aromatic nitrogens is 2. The fraction of sp³-hybridized carbons (Fsp3) is 0.185. The predicted molar refractivity (Wildman–Crippen MR) is 137 cm³/mol. The van der Waals surface area contributed by atoms with Crippen LogP contribution >= 0.6 is 0 Å². The largest absolute Gasteiger partial charge is 0.444 e. The van der Waals surface area contributed by atoms with E-state index in [4.69, 9.17) is 9.40 Å². The number of oxazole rings is 1. The third kappa shape index (κ3) is 3.93. The average molecular weight is 465 g/mol. The zero-order valence-electron chi connectivity index (χ0n) is 19.3. The van der Waals surface area contributed by atoms with Crippen molar-refractivity contribution in [2.45, 2.75) is 12.5 Å². The van der Waals surface area contributed by atoms with E-state index in [0.717, 1.165) is 47.6 Å². The smallest absolute Gasteiger partial charge is 0.327 e. The lowest BCUT2D eigenvalue weighted by molar-refractivity contribution is 0.255. The summed E-state index contributed by atoms with van der Waals surface area (Å²) >= 11 is 0. The number of nitrogens with one attached hydrogen (secondary N) is 1. The number of aliphatic imine (C=N–C) groups is 1. The number of hydrogen-bond acceptors (Lipinski definition) is 6. The number of nitrogens with zero attached hydrogens (tertiary/aromatic N) is 5. The molecule has 2 aliphatic heterocycles. The Hall–Kier alpha value is -4.46. The number of pyridine rings is 1. The summed E-state index contributed by atoms with van der Waals surface area (Å²) in [6.45, 7) is 1.72. The second-order valence-electron chi connectivity index (χ2n) is 8.69. The lowest BCUT2D eigenvalue weighted by Crippen LogP contribution is -2.48. The Labute approximate surface area is 203 Å². The minimum atomic E-state index is -0.191. The standard InChI is InChI=1S/C27H24N6O2/c1-28-14-18-4-2-5-19(12-18)23-8-9-24-26(31-23)33(22-10-11-32(24)16-22)27(34)30-21-7-3-6-20(13-21)25-15-29-17-35-25/h2-9,12-15,17,22H,10-11,16H2,1H3,(H,30,34)/t22-/m0/s1. The maximum atomic E-state index is 13.6. The van der Waals surface area contributed by atoms with Gasteiger partial charge in [-0.05, 0) is 42.3 Å². The molecule has 35 heavy (non-hydrogen) atoms. The summed E-state index contributed by atoms with van der Waals surface area (Å²) in [5.41, 5.74) is 5.34. The van der Waals surface area contributed by atoms with Gasteiger partial charge in [0.1, 0.15) is 0 Å². The highest BCUT2D eigenvalue weighted by molar-refractivity contribution is 6.05. The average Bonchev–Trinajstić information content (AvgIpc) is 3.56. The van der Waals surface area contributed by atoms with Crippen LogP contribution in [0.2, 0.25) is 0 Å². The highest BCUT2D eigenvalue weighted by Gasteiger charge is 2.40. The van der Waals surface area contributed by atoms with Crippen molar-refractivity contribution < 1.29 is 9.21 Å². The van der Waals surface area contributed by atoms with E-state index in [2.05, 4.69) is 32.3 Å².